The smallest absolute Gasteiger partial charge is 0.236 e. The minimum atomic E-state index is -0.282. The summed E-state index contributed by atoms with van der Waals surface area (Å²) in [6.45, 7) is 2.42. The zero-order chi connectivity index (χ0) is 19.2. The predicted molar refractivity (Wildman–Crippen MR) is 103 cm³/mol. The van der Waals surface area contributed by atoms with Gasteiger partial charge in [0.05, 0.1) is 12.3 Å². The van der Waals surface area contributed by atoms with Crippen molar-refractivity contribution >= 4 is 39.8 Å². The van der Waals surface area contributed by atoms with Gasteiger partial charge in [-0.3, -0.25) is 10.1 Å². The molecule has 0 bridgehead atoms. The van der Waals surface area contributed by atoms with Crippen LogP contribution in [0, 0.1) is 5.82 Å². The summed E-state index contributed by atoms with van der Waals surface area (Å²) in [5.41, 5.74) is 0.788. The number of halogens is 1. The Labute approximate surface area is 163 Å². The van der Waals surface area contributed by atoms with E-state index in [4.69, 9.17) is 0 Å². The molecule has 0 atom stereocenters. The van der Waals surface area contributed by atoms with E-state index in [9.17, 15) is 9.18 Å². The molecule has 11 heteroatoms. The molecule has 1 amide bonds. The topological polar surface area (TPSA) is 97.6 Å². The summed E-state index contributed by atoms with van der Waals surface area (Å²) in [4.78, 5) is 12.0. The number of hydrogen-bond acceptors (Lipinski definition) is 8. The van der Waals surface area contributed by atoms with Crippen molar-refractivity contribution in [2.75, 3.05) is 16.4 Å². The number of aryl methyl sites for hydroxylation is 1. The van der Waals surface area contributed by atoms with Gasteiger partial charge in [0.1, 0.15) is 10.8 Å². The highest BCUT2D eigenvalue weighted by atomic mass is 32.2. The maximum Gasteiger partial charge on any atom is 0.236 e. The molecular weight excluding hydrogens is 389 g/mol. The summed E-state index contributed by atoms with van der Waals surface area (Å²) < 4.78 is 14.7. The van der Waals surface area contributed by atoms with Crippen LogP contribution in [0.5, 0.6) is 0 Å². The van der Waals surface area contributed by atoms with Crippen molar-refractivity contribution in [1.29, 1.82) is 0 Å². The molecule has 0 fully saturated rings. The number of amides is 1. The van der Waals surface area contributed by atoms with Crippen molar-refractivity contribution in [3.05, 3.63) is 40.9 Å². The zero-order valence-electron chi connectivity index (χ0n) is 14.8. The van der Waals surface area contributed by atoms with Gasteiger partial charge < -0.3 is 9.88 Å². The number of hydrogen-bond donors (Lipinski definition) is 2. The molecule has 1 aromatic carbocycles. The lowest BCUT2D eigenvalue weighted by molar-refractivity contribution is -0.113. The van der Waals surface area contributed by atoms with E-state index in [0.717, 1.165) is 17.1 Å². The molecule has 3 aromatic rings. The number of rotatable bonds is 8. The molecule has 8 nitrogen and oxygen atoms in total. The minimum Gasteiger partial charge on any atom is -0.378 e. The van der Waals surface area contributed by atoms with Gasteiger partial charge in [0.25, 0.3) is 0 Å². The van der Waals surface area contributed by atoms with Crippen molar-refractivity contribution in [2.24, 2.45) is 7.05 Å². The summed E-state index contributed by atoms with van der Waals surface area (Å²) in [5.74, 6) is 0.445. The number of anilines is 2. The molecule has 3 rings (SSSR count). The van der Waals surface area contributed by atoms with Crippen LogP contribution in [0.3, 0.4) is 0 Å². The summed E-state index contributed by atoms with van der Waals surface area (Å²) in [7, 11) is 1.83. The maximum absolute atomic E-state index is 12.9. The first-order chi connectivity index (χ1) is 13.0. The number of nitrogens with zero attached hydrogens (tertiary/aromatic N) is 5. The summed E-state index contributed by atoms with van der Waals surface area (Å²) >= 11 is 2.65. The molecule has 142 valence electrons. The maximum atomic E-state index is 12.9. The van der Waals surface area contributed by atoms with Crippen LogP contribution in [0.1, 0.15) is 17.8 Å². The van der Waals surface area contributed by atoms with Crippen LogP contribution in [-0.4, -0.2) is 36.6 Å². The Morgan fingerprint density at radius 2 is 2.00 bits per heavy atom. The quantitative estimate of drug-likeness (QED) is 0.554. The van der Waals surface area contributed by atoms with Crippen molar-refractivity contribution in [1.82, 2.24) is 25.0 Å². The molecule has 0 unspecified atom stereocenters. The molecule has 2 N–H and O–H groups in total. The van der Waals surface area contributed by atoms with Crippen LogP contribution < -0.4 is 10.6 Å². The Morgan fingerprint density at radius 3 is 2.70 bits per heavy atom. The predicted octanol–water partition coefficient (Wildman–Crippen LogP) is 2.71. The lowest BCUT2D eigenvalue weighted by Crippen LogP contribution is -2.14. The van der Waals surface area contributed by atoms with Gasteiger partial charge >= 0.3 is 0 Å². The van der Waals surface area contributed by atoms with E-state index in [2.05, 4.69) is 31.0 Å². The minimum absolute atomic E-state index is 0.173. The third-order valence-electron chi connectivity index (χ3n) is 3.57. The van der Waals surface area contributed by atoms with Gasteiger partial charge in [0, 0.05) is 12.7 Å². The lowest BCUT2D eigenvalue weighted by Gasteiger charge is -2.06. The van der Waals surface area contributed by atoms with Crippen molar-refractivity contribution < 1.29 is 9.18 Å². The van der Waals surface area contributed by atoms with Gasteiger partial charge in [-0.15, -0.1) is 20.4 Å². The third-order valence-corrected chi connectivity index (χ3v) is 5.57. The first-order valence-electron chi connectivity index (χ1n) is 8.18. The van der Waals surface area contributed by atoms with E-state index in [-0.39, 0.29) is 17.5 Å². The Bertz CT molecular complexity index is 910. The van der Waals surface area contributed by atoms with E-state index in [1.54, 1.807) is 12.1 Å². The second-order valence-electron chi connectivity index (χ2n) is 5.51. The van der Waals surface area contributed by atoms with Gasteiger partial charge in [-0.25, -0.2) is 4.39 Å². The largest absolute Gasteiger partial charge is 0.378 e. The first kappa shape index (κ1) is 19.2. The highest BCUT2D eigenvalue weighted by Gasteiger charge is 2.13. The van der Waals surface area contributed by atoms with Crippen LogP contribution in [0.15, 0.2) is 29.4 Å². The molecule has 2 heterocycles. The van der Waals surface area contributed by atoms with E-state index in [0.29, 0.717) is 22.7 Å². The Balaban J connectivity index is 1.50. The summed E-state index contributed by atoms with van der Waals surface area (Å²) in [5, 5.41) is 24.0. The first-order valence-corrected chi connectivity index (χ1v) is 9.98. The summed E-state index contributed by atoms with van der Waals surface area (Å²) in [6, 6.07) is 6.09. The van der Waals surface area contributed by atoms with Crippen LogP contribution in [-0.2, 0) is 24.8 Å². The highest BCUT2D eigenvalue weighted by molar-refractivity contribution is 7.99. The van der Waals surface area contributed by atoms with Crippen LogP contribution >= 0.6 is 23.1 Å². The fourth-order valence-electron chi connectivity index (χ4n) is 2.11. The van der Waals surface area contributed by atoms with Gasteiger partial charge in [0.15, 0.2) is 11.0 Å². The number of carbonyl (C=O) groups excluding carboxylic acids is 1. The monoisotopic (exact) mass is 407 g/mol. The normalized spacial score (nSPS) is 10.8. The molecule has 0 aliphatic heterocycles. The second-order valence-corrected chi connectivity index (χ2v) is 7.51. The number of carbonyl (C=O) groups is 1. The highest BCUT2D eigenvalue weighted by Crippen LogP contribution is 2.19. The summed E-state index contributed by atoms with van der Waals surface area (Å²) in [6.07, 6.45) is 0.788. The molecule has 2 aromatic heterocycles. The SMILES string of the molecule is CCc1nnc(NC(=O)CSc2nnc(CNc3ccc(F)cc3)n2C)s1. The fraction of sp³-hybridized carbons (Fsp3) is 0.312. The Kier molecular flexibility index (Phi) is 6.35. The molecule has 0 saturated heterocycles. The molecule has 0 radical (unpaired) electrons. The molecule has 0 saturated carbocycles. The third kappa shape index (κ3) is 5.23. The van der Waals surface area contributed by atoms with E-state index < -0.39 is 0 Å². The Hall–Kier alpha value is -2.53. The van der Waals surface area contributed by atoms with Gasteiger partial charge in [0.2, 0.25) is 11.0 Å². The van der Waals surface area contributed by atoms with Gasteiger partial charge in [-0.2, -0.15) is 0 Å². The molecule has 0 spiro atoms. The number of benzene rings is 1. The van der Waals surface area contributed by atoms with E-state index in [1.807, 2.05) is 18.5 Å². The van der Waals surface area contributed by atoms with Crippen LogP contribution in [0.25, 0.3) is 0 Å². The fourth-order valence-corrected chi connectivity index (χ4v) is 3.53. The van der Waals surface area contributed by atoms with Gasteiger partial charge in [-0.05, 0) is 30.7 Å². The van der Waals surface area contributed by atoms with Crippen molar-refractivity contribution in [3.8, 4) is 0 Å². The number of nitrogens with one attached hydrogen (secondary N) is 2. The van der Waals surface area contributed by atoms with Crippen molar-refractivity contribution in [2.45, 2.75) is 25.0 Å². The van der Waals surface area contributed by atoms with Crippen LogP contribution in [0.2, 0.25) is 0 Å². The molecule has 0 aliphatic rings. The molecule has 27 heavy (non-hydrogen) atoms. The molecule has 0 aliphatic carbocycles. The van der Waals surface area contributed by atoms with Crippen LogP contribution in [0.4, 0.5) is 15.2 Å². The van der Waals surface area contributed by atoms with Gasteiger partial charge in [-0.1, -0.05) is 30.0 Å². The average Bonchev–Trinajstić information content (AvgIpc) is 3.26. The lowest BCUT2D eigenvalue weighted by atomic mass is 10.3. The van der Waals surface area contributed by atoms with E-state index in [1.165, 1.54) is 35.2 Å². The second kappa shape index (κ2) is 8.91. The Morgan fingerprint density at radius 1 is 1.22 bits per heavy atom. The number of thioether (sulfide) groups is 1. The number of aromatic nitrogens is 5. The molecular formula is C16H18FN7OS2. The standard InChI is InChI=1S/C16H18FN7OS2/c1-3-14-21-22-15(27-14)19-13(25)9-26-16-23-20-12(24(16)2)8-18-11-6-4-10(17)5-7-11/h4-7,18H,3,8-9H2,1-2H3,(H,19,22,25). The average molecular weight is 408 g/mol. The zero-order valence-corrected chi connectivity index (χ0v) is 16.4. The van der Waals surface area contributed by atoms with Crippen molar-refractivity contribution in [3.63, 3.8) is 0 Å². The van der Waals surface area contributed by atoms with E-state index >= 15 is 0 Å².